The van der Waals surface area contributed by atoms with E-state index in [-0.39, 0.29) is 6.10 Å². The number of hydrogen-bond donors (Lipinski definition) is 2. The molecule has 1 aromatic carbocycles. The third kappa shape index (κ3) is 5.34. The van der Waals surface area contributed by atoms with Gasteiger partial charge >= 0.3 is 0 Å². The Bertz CT molecular complexity index is 368. The number of nitriles is 1. The molecule has 1 unspecified atom stereocenters. The van der Waals surface area contributed by atoms with Crippen molar-refractivity contribution in [2.45, 2.75) is 26.1 Å². The molecule has 0 aliphatic rings. The fraction of sp³-hybridized carbons (Fsp3) is 0.462. The van der Waals surface area contributed by atoms with E-state index in [4.69, 9.17) is 10.00 Å². The van der Waals surface area contributed by atoms with Gasteiger partial charge in [-0.05, 0) is 38.1 Å². The van der Waals surface area contributed by atoms with Crippen LogP contribution in [0.3, 0.4) is 0 Å². The van der Waals surface area contributed by atoms with Gasteiger partial charge in [-0.2, -0.15) is 5.26 Å². The molecule has 0 aromatic heterocycles. The van der Waals surface area contributed by atoms with Crippen LogP contribution < -0.4 is 5.32 Å². The van der Waals surface area contributed by atoms with Gasteiger partial charge in [-0.25, -0.2) is 0 Å². The Morgan fingerprint density at radius 1 is 1.35 bits per heavy atom. The van der Waals surface area contributed by atoms with Crippen molar-refractivity contribution in [3.63, 3.8) is 0 Å². The number of ether oxygens (including phenoxy) is 1. The highest BCUT2D eigenvalue weighted by Crippen LogP contribution is 2.08. The summed E-state index contributed by atoms with van der Waals surface area (Å²) >= 11 is 0. The smallest absolute Gasteiger partial charge is 0.0991 e. The van der Waals surface area contributed by atoms with Gasteiger partial charge in [0.25, 0.3) is 0 Å². The van der Waals surface area contributed by atoms with Crippen LogP contribution in [0.25, 0.3) is 0 Å². The first-order chi connectivity index (χ1) is 8.11. The molecule has 2 N–H and O–H groups in total. The Morgan fingerprint density at radius 2 is 2.00 bits per heavy atom. The van der Waals surface area contributed by atoms with Gasteiger partial charge in [-0.3, -0.25) is 0 Å². The molecule has 1 atom stereocenters. The molecule has 92 valence electrons. The van der Waals surface area contributed by atoms with Crippen molar-refractivity contribution < 1.29 is 9.84 Å². The summed E-state index contributed by atoms with van der Waals surface area (Å²) in [6.45, 7) is 4.61. The highest BCUT2D eigenvalue weighted by atomic mass is 16.5. The van der Waals surface area contributed by atoms with Gasteiger partial charge in [-0.1, -0.05) is 0 Å². The summed E-state index contributed by atoms with van der Waals surface area (Å²) in [4.78, 5) is 0. The molecule has 0 bridgehead atoms. The summed E-state index contributed by atoms with van der Waals surface area (Å²) in [6.07, 6.45) is -0.410. The molecule has 0 fully saturated rings. The lowest BCUT2D eigenvalue weighted by Crippen LogP contribution is -2.26. The lowest BCUT2D eigenvalue weighted by Gasteiger charge is -2.14. The first kappa shape index (κ1) is 13.5. The largest absolute Gasteiger partial charge is 0.389 e. The molecule has 4 nitrogen and oxygen atoms in total. The predicted octanol–water partition coefficient (Wildman–Crippen LogP) is 1.76. The Kier molecular flexibility index (Phi) is 5.47. The monoisotopic (exact) mass is 234 g/mol. The van der Waals surface area contributed by atoms with E-state index in [1.54, 1.807) is 12.1 Å². The maximum Gasteiger partial charge on any atom is 0.0991 e. The molecule has 0 aliphatic carbocycles. The number of benzene rings is 1. The molecule has 0 saturated heterocycles. The molecule has 1 rings (SSSR count). The number of aliphatic hydroxyl groups excluding tert-OH is 1. The normalized spacial score (nSPS) is 12.2. The van der Waals surface area contributed by atoms with Gasteiger partial charge in [0.15, 0.2) is 0 Å². The minimum Gasteiger partial charge on any atom is -0.389 e. The molecule has 0 aliphatic heterocycles. The van der Waals surface area contributed by atoms with Crippen LogP contribution in [0.1, 0.15) is 19.4 Å². The topological polar surface area (TPSA) is 65.3 Å². The van der Waals surface area contributed by atoms with Crippen molar-refractivity contribution >= 4 is 5.69 Å². The molecule has 0 heterocycles. The fourth-order valence-corrected chi connectivity index (χ4v) is 1.26. The first-order valence-corrected chi connectivity index (χ1v) is 5.65. The van der Waals surface area contributed by atoms with Crippen molar-refractivity contribution in [3.8, 4) is 6.07 Å². The summed E-state index contributed by atoms with van der Waals surface area (Å²) in [5.41, 5.74) is 1.51. The predicted molar refractivity (Wildman–Crippen MR) is 66.7 cm³/mol. The molecule has 17 heavy (non-hydrogen) atoms. The van der Waals surface area contributed by atoms with Crippen LogP contribution in [0.4, 0.5) is 5.69 Å². The molecule has 0 radical (unpaired) electrons. The number of aliphatic hydroxyl groups is 1. The third-order valence-corrected chi connectivity index (χ3v) is 2.18. The zero-order valence-electron chi connectivity index (χ0n) is 10.2. The number of hydrogen-bond acceptors (Lipinski definition) is 4. The van der Waals surface area contributed by atoms with Gasteiger partial charge in [0.2, 0.25) is 0 Å². The van der Waals surface area contributed by atoms with Crippen LogP contribution in [0.15, 0.2) is 24.3 Å². The van der Waals surface area contributed by atoms with E-state index in [2.05, 4.69) is 11.4 Å². The minimum atomic E-state index is -0.534. The molecule has 1 aromatic rings. The second-order valence-corrected chi connectivity index (χ2v) is 4.11. The number of nitrogens with one attached hydrogen (secondary N) is 1. The Hall–Kier alpha value is -1.57. The Morgan fingerprint density at radius 3 is 2.53 bits per heavy atom. The van der Waals surface area contributed by atoms with Gasteiger partial charge in [0, 0.05) is 12.2 Å². The lowest BCUT2D eigenvalue weighted by atomic mass is 10.2. The van der Waals surface area contributed by atoms with Crippen LogP contribution in [-0.2, 0) is 4.74 Å². The van der Waals surface area contributed by atoms with Gasteiger partial charge in [0.05, 0.1) is 30.4 Å². The summed E-state index contributed by atoms with van der Waals surface area (Å²) < 4.78 is 5.30. The van der Waals surface area contributed by atoms with Crippen LogP contribution >= 0.6 is 0 Å². The van der Waals surface area contributed by atoms with Crippen LogP contribution in [-0.4, -0.2) is 30.5 Å². The van der Waals surface area contributed by atoms with E-state index in [9.17, 15) is 5.11 Å². The van der Waals surface area contributed by atoms with Gasteiger partial charge in [-0.15, -0.1) is 0 Å². The molecular weight excluding hydrogens is 216 g/mol. The zero-order chi connectivity index (χ0) is 12.7. The average Bonchev–Trinajstić information content (AvgIpc) is 2.34. The second kappa shape index (κ2) is 6.89. The molecule has 0 amide bonds. The fourth-order valence-electron chi connectivity index (χ4n) is 1.26. The SMILES string of the molecule is CC(C)OCC(O)CNc1ccc(C#N)cc1. The summed E-state index contributed by atoms with van der Waals surface area (Å²) in [5, 5.41) is 21.3. The third-order valence-electron chi connectivity index (χ3n) is 2.18. The van der Waals surface area contributed by atoms with E-state index in [1.165, 1.54) is 0 Å². The minimum absolute atomic E-state index is 0.125. The second-order valence-electron chi connectivity index (χ2n) is 4.11. The first-order valence-electron chi connectivity index (χ1n) is 5.65. The van der Waals surface area contributed by atoms with Crippen LogP contribution in [0.5, 0.6) is 0 Å². The van der Waals surface area contributed by atoms with Crippen molar-refractivity contribution in [1.29, 1.82) is 5.26 Å². The van der Waals surface area contributed by atoms with Crippen LogP contribution in [0.2, 0.25) is 0 Å². The zero-order valence-corrected chi connectivity index (χ0v) is 10.2. The Labute approximate surface area is 102 Å². The average molecular weight is 234 g/mol. The summed E-state index contributed by atoms with van der Waals surface area (Å²) in [7, 11) is 0. The highest BCUT2D eigenvalue weighted by molar-refractivity contribution is 5.47. The van der Waals surface area contributed by atoms with Crippen molar-refractivity contribution in [2.75, 3.05) is 18.5 Å². The van der Waals surface area contributed by atoms with Crippen molar-refractivity contribution in [2.24, 2.45) is 0 Å². The molecule has 4 heteroatoms. The van der Waals surface area contributed by atoms with E-state index in [0.29, 0.717) is 18.7 Å². The van der Waals surface area contributed by atoms with Crippen molar-refractivity contribution in [1.82, 2.24) is 0 Å². The van der Waals surface area contributed by atoms with Gasteiger partial charge < -0.3 is 15.2 Å². The maximum atomic E-state index is 9.62. The van der Waals surface area contributed by atoms with E-state index >= 15 is 0 Å². The van der Waals surface area contributed by atoms with Crippen molar-refractivity contribution in [3.05, 3.63) is 29.8 Å². The standard InChI is InChI=1S/C13H18N2O2/c1-10(2)17-9-13(16)8-15-12-5-3-11(7-14)4-6-12/h3-6,10,13,15-16H,8-9H2,1-2H3. The maximum absolute atomic E-state index is 9.62. The van der Waals surface area contributed by atoms with E-state index in [0.717, 1.165) is 5.69 Å². The van der Waals surface area contributed by atoms with Crippen LogP contribution in [0, 0.1) is 11.3 Å². The quantitative estimate of drug-likeness (QED) is 0.787. The molecule has 0 saturated carbocycles. The number of rotatable bonds is 6. The van der Waals surface area contributed by atoms with Gasteiger partial charge in [0.1, 0.15) is 0 Å². The highest BCUT2D eigenvalue weighted by Gasteiger charge is 2.05. The summed E-state index contributed by atoms with van der Waals surface area (Å²) in [6, 6.07) is 9.15. The van der Waals surface area contributed by atoms with E-state index in [1.807, 2.05) is 26.0 Å². The number of anilines is 1. The Balaban J connectivity index is 2.32. The summed E-state index contributed by atoms with van der Waals surface area (Å²) in [5.74, 6) is 0. The molecular formula is C13H18N2O2. The lowest BCUT2D eigenvalue weighted by molar-refractivity contribution is 0.0112. The molecule has 0 spiro atoms. The van der Waals surface area contributed by atoms with E-state index < -0.39 is 6.10 Å². The number of nitrogens with zero attached hydrogens (tertiary/aromatic N) is 1.